The summed E-state index contributed by atoms with van der Waals surface area (Å²) in [6.07, 6.45) is 2.99. The minimum absolute atomic E-state index is 0.216. The van der Waals surface area contributed by atoms with Crippen LogP contribution in [0.2, 0.25) is 5.02 Å². The number of aromatic nitrogens is 3. The third-order valence-electron chi connectivity index (χ3n) is 6.00. The SMILES string of the molecule is Cn1c2c(c3ccc(-n4ccc(OCc5ccc(Cl)cn5)cc4=O)cc31)CN(C(=O)O)CC2. The van der Waals surface area contributed by atoms with Gasteiger partial charge < -0.3 is 19.3 Å². The lowest BCUT2D eigenvalue weighted by molar-refractivity contribution is 0.139. The number of nitrogens with zero attached hydrogens (tertiary/aromatic N) is 4. The lowest BCUT2D eigenvalue weighted by atomic mass is 10.0. The molecule has 9 heteroatoms. The van der Waals surface area contributed by atoms with Gasteiger partial charge in [0.25, 0.3) is 5.56 Å². The Bertz CT molecular complexity index is 1430. The largest absolute Gasteiger partial charge is 0.487 e. The van der Waals surface area contributed by atoms with Crippen LogP contribution in [0.5, 0.6) is 5.75 Å². The Balaban J connectivity index is 1.42. The van der Waals surface area contributed by atoms with Crippen LogP contribution in [0, 0.1) is 0 Å². The van der Waals surface area contributed by atoms with E-state index in [2.05, 4.69) is 9.55 Å². The maximum absolute atomic E-state index is 12.8. The number of hydrogen-bond acceptors (Lipinski definition) is 4. The van der Waals surface area contributed by atoms with Gasteiger partial charge in [0.1, 0.15) is 12.4 Å². The molecule has 0 aliphatic carbocycles. The first kappa shape index (κ1) is 21.1. The van der Waals surface area contributed by atoms with Crippen molar-refractivity contribution >= 4 is 28.6 Å². The smallest absolute Gasteiger partial charge is 0.407 e. The number of hydrogen-bond donors (Lipinski definition) is 1. The van der Waals surface area contributed by atoms with E-state index >= 15 is 0 Å². The van der Waals surface area contributed by atoms with Gasteiger partial charge in [-0.2, -0.15) is 0 Å². The van der Waals surface area contributed by atoms with Crippen molar-refractivity contribution in [2.45, 2.75) is 19.6 Å². The van der Waals surface area contributed by atoms with Crippen LogP contribution in [-0.4, -0.2) is 36.8 Å². The van der Waals surface area contributed by atoms with Crippen molar-refractivity contribution in [2.75, 3.05) is 6.54 Å². The minimum Gasteiger partial charge on any atom is -0.487 e. The Kier molecular flexibility index (Phi) is 5.30. The average Bonchev–Trinajstić information content (AvgIpc) is 3.09. The molecule has 5 rings (SSSR count). The predicted octanol–water partition coefficient (Wildman–Crippen LogP) is 3.99. The second-order valence-electron chi connectivity index (χ2n) is 7.97. The average molecular weight is 465 g/mol. The molecule has 1 N–H and O–H groups in total. The molecule has 0 bridgehead atoms. The van der Waals surface area contributed by atoms with Crippen LogP contribution in [0.15, 0.2) is 59.7 Å². The number of pyridine rings is 2. The first-order chi connectivity index (χ1) is 15.9. The molecule has 0 saturated heterocycles. The van der Waals surface area contributed by atoms with Crippen molar-refractivity contribution < 1.29 is 14.6 Å². The number of carboxylic acid groups (broad SMARTS) is 1. The van der Waals surface area contributed by atoms with Crippen LogP contribution in [0.25, 0.3) is 16.6 Å². The Morgan fingerprint density at radius 2 is 2.06 bits per heavy atom. The number of benzene rings is 1. The summed E-state index contributed by atoms with van der Waals surface area (Å²) in [4.78, 5) is 29.8. The summed E-state index contributed by atoms with van der Waals surface area (Å²) >= 11 is 5.85. The Hall–Kier alpha value is -3.78. The van der Waals surface area contributed by atoms with Gasteiger partial charge in [-0.25, -0.2) is 4.79 Å². The minimum atomic E-state index is -0.907. The van der Waals surface area contributed by atoms with Gasteiger partial charge in [0.2, 0.25) is 0 Å². The zero-order valence-electron chi connectivity index (χ0n) is 17.9. The van der Waals surface area contributed by atoms with Gasteiger partial charge in [0, 0.05) is 55.1 Å². The van der Waals surface area contributed by atoms with Crippen LogP contribution in [0.3, 0.4) is 0 Å². The van der Waals surface area contributed by atoms with Gasteiger partial charge in [0.15, 0.2) is 0 Å². The normalized spacial score (nSPS) is 13.2. The molecule has 1 aromatic carbocycles. The third-order valence-corrected chi connectivity index (χ3v) is 6.23. The number of aryl methyl sites for hydroxylation is 1. The van der Waals surface area contributed by atoms with Gasteiger partial charge in [-0.15, -0.1) is 0 Å². The molecule has 1 amide bonds. The zero-order valence-corrected chi connectivity index (χ0v) is 18.6. The quantitative estimate of drug-likeness (QED) is 0.493. The summed E-state index contributed by atoms with van der Waals surface area (Å²) in [6.45, 7) is 1.08. The molecule has 4 heterocycles. The molecule has 0 saturated carbocycles. The van der Waals surface area contributed by atoms with Crippen LogP contribution in [0.1, 0.15) is 17.0 Å². The van der Waals surface area contributed by atoms with Gasteiger partial charge in [-0.3, -0.25) is 14.3 Å². The van der Waals surface area contributed by atoms with E-state index in [0.29, 0.717) is 36.0 Å². The van der Waals surface area contributed by atoms with Crippen molar-refractivity contribution in [2.24, 2.45) is 7.05 Å². The lowest BCUT2D eigenvalue weighted by Gasteiger charge is -2.25. The molecule has 0 radical (unpaired) electrons. The molecule has 0 atom stereocenters. The zero-order chi connectivity index (χ0) is 23.1. The number of amides is 1. The molecule has 1 aliphatic heterocycles. The summed E-state index contributed by atoms with van der Waals surface area (Å²) < 4.78 is 9.35. The Morgan fingerprint density at radius 1 is 1.21 bits per heavy atom. The van der Waals surface area contributed by atoms with Crippen LogP contribution >= 0.6 is 11.6 Å². The first-order valence-corrected chi connectivity index (χ1v) is 10.8. The standard InChI is InChI=1S/C24H21ClN4O4/c1-27-21-7-8-28(24(31)32)13-20(21)19-5-4-17(10-22(19)27)29-9-6-18(11-23(29)30)33-14-16-3-2-15(25)12-26-16/h2-6,9-12H,7-8,13-14H2,1H3,(H,31,32). The summed E-state index contributed by atoms with van der Waals surface area (Å²) in [5.41, 5.74) is 4.35. The highest BCUT2D eigenvalue weighted by molar-refractivity contribution is 6.30. The van der Waals surface area contributed by atoms with Crippen molar-refractivity contribution in [1.29, 1.82) is 0 Å². The van der Waals surface area contributed by atoms with E-state index in [0.717, 1.165) is 27.8 Å². The molecule has 168 valence electrons. The van der Waals surface area contributed by atoms with Gasteiger partial charge >= 0.3 is 6.09 Å². The number of ether oxygens (including phenoxy) is 1. The van der Waals surface area contributed by atoms with Crippen molar-refractivity contribution in [3.05, 3.63) is 87.2 Å². The maximum Gasteiger partial charge on any atom is 0.407 e. The van der Waals surface area contributed by atoms with Crippen LogP contribution in [-0.2, 0) is 26.6 Å². The van der Waals surface area contributed by atoms with E-state index in [1.54, 1.807) is 35.2 Å². The van der Waals surface area contributed by atoms with E-state index in [4.69, 9.17) is 16.3 Å². The number of rotatable bonds is 4. The Morgan fingerprint density at radius 3 is 2.79 bits per heavy atom. The second kappa shape index (κ2) is 8.29. The molecule has 4 aromatic rings. The van der Waals surface area contributed by atoms with E-state index < -0.39 is 6.09 Å². The van der Waals surface area contributed by atoms with Gasteiger partial charge in [0.05, 0.1) is 28.5 Å². The molecule has 0 unspecified atom stereocenters. The van der Waals surface area contributed by atoms with E-state index in [1.165, 1.54) is 11.0 Å². The fraction of sp³-hybridized carbons (Fsp3) is 0.208. The molecule has 3 aromatic heterocycles. The Labute approximate surface area is 194 Å². The highest BCUT2D eigenvalue weighted by atomic mass is 35.5. The number of carbonyl (C=O) groups is 1. The number of halogens is 1. The lowest BCUT2D eigenvalue weighted by Crippen LogP contribution is -2.34. The fourth-order valence-electron chi connectivity index (χ4n) is 4.29. The van der Waals surface area contributed by atoms with Crippen molar-refractivity contribution in [3.63, 3.8) is 0 Å². The third kappa shape index (κ3) is 3.93. The van der Waals surface area contributed by atoms with Crippen molar-refractivity contribution in [1.82, 2.24) is 19.0 Å². The predicted molar refractivity (Wildman–Crippen MR) is 124 cm³/mol. The highest BCUT2D eigenvalue weighted by Gasteiger charge is 2.25. The van der Waals surface area contributed by atoms with Crippen LogP contribution in [0.4, 0.5) is 4.79 Å². The first-order valence-electron chi connectivity index (χ1n) is 10.4. The fourth-order valence-corrected chi connectivity index (χ4v) is 4.40. The molecular weight excluding hydrogens is 444 g/mol. The molecular formula is C24H21ClN4O4. The second-order valence-corrected chi connectivity index (χ2v) is 8.40. The van der Waals surface area contributed by atoms with Gasteiger partial charge in [-0.1, -0.05) is 17.7 Å². The summed E-state index contributed by atoms with van der Waals surface area (Å²) in [5.74, 6) is 0.456. The topological polar surface area (TPSA) is 89.6 Å². The maximum atomic E-state index is 12.8. The summed E-state index contributed by atoms with van der Waals surface area (Å²) in [7, 11) is 1.98. The van der Waals surface area contributed by atoms with Gasteiger partial charge in [-0.05, 0) is 30.3 Å². The van der Waals surface area contributed by atoms with Crippen LogP contribution < -0.4 is 10.3 Å². The molecule has 8 nitrogen and oxygen atoms in total. The van der Waals surface area contributed by atoms with E-state index in [1.807, 2.05) is 25.2 Å². The number of fused-ring (bicyclic) bond motifs is 3. The van der Waals surface area contributed by atoms with E-state index in [9.17, 15) is 14.7 Å². The monoisotopic (exact) mass is 464 g/mol. The highest BCUT2D eigenvalue weighted by Crippen LogP contribution is 2.31. The molecule has 0 spiro atoms. The molecule has 33 heavy (non-hydrogen) atoms. The summed E-state index contributed by atoms with van der Waals surface area (Å²) in [6, 6.07) is 12.5. The molecule has 1 aliphatic rings. The van der Waals surface area contributed by atoms with Crippen molar-refractivity contribution in [3.8, 4) is 11.4 Å². The summed E-state index contributed by atoms with van der Waals surface area (Å²) in [5, 5.41) is 10.9. The molecule has 0 fully saturated rings. The van der Waals surface area contributed by atoms with E-state index in [-0.39, 0.29) is 12.2 Å².